The van der Waals surface area contributed by atoms with E-state index in [-0.39, 0.29) is 26.3 Å². The van der Waals surface area contributed by atoms with E-state index in [1.54, 1.807) is 0 Å². The average molecular weight is 260 g/mol. The largest absolute Gasteiger partial charge is 0.396 e. The molecule has 0 aliphatic carbocycles. The van der Waals surface area contributed by atoms with E-state index in [4.69, 9.17) is 15.9 Å². The molecule has 0 spiro atoms. The Kier molecular flexibility index (Phi) is 4.99. The van der Waals surface area contributed by atoms with Crippen molar-refractivity contribution in [3.05, 3.63) is 29.3 Å². The zero-order chi connectivity index (χ0) is 13.7. The van der Waals surface area contributed by atoms with Gasteiger partial charge in [0.25, 0.3) is 5.91 Å². The fourth-order valence-corrected chi connectivity index (χ4v) is 1.49. The minimum absolute atomic E-state index is 0.0880. The van der Waals surface area contributed by atoms with Crippen LogP contribution in [0.4, 0.5) is 14.5 Å². The number of rotatable bonds is 5. The molecule has 0 atom stereocenters. The van der Waals surface area contributed by atoms with E-state index in [0.29, 0.717) is 0 Å². The molecule has 1 aromatic carbocycles. The molecule has 18 heavy (non-hydrogen) atoms. The zero-order valence-electron chi connectivity index (χ0n) is 9.57. The molecule has 100 valence electrons. The van der Waals surface area contributed by atoms with E-state index in [0.717, 1.165) is 17.0 Å². The second kappa shape index (κ2) is 6.27. The number of carbonyl (C=O) groups excluding carboxylic acids is 1. The molecule has 0 aromatic heterocycles. The molecule has 0 aliphatic heterocycles. The Morgan fingerprint density at radius 3 is 2.28 bits per heavy atom. The van der Waals surface area contributed by atoms with Crippen molar-refractivity contribution in [2.75, 3.05) is 32.0 Å². The zero-order valence-corrected chi connectivity index (χ0v) is 9.57. The van der Waals surface area contributed by atoms with Crippen LogP contribution in [0.1, 0.15) is 10.4 Å². The molecule has 4 N–H and O–H groups in total. The minimum atomic E-state index is -1.01. The molecule has 7 heteroatoms. The fraction of sp³-hybridized carbons (Fsp3) is 0.364. The van der Waals surface area contributed by atoms with Gasteiger partial charge in [-0.3, -0.25) is 4.79 Å². The van der Waals surface area contributed by atoms with Crippen LogP contribution in [0.25, 0.3) is 0 Å². The van der Waals surface area contributed by atoms with Crippen LogP contribution in [0.15, 0.2) is 12.1 Å². The number of nitrogen functional groups attached to an aromatic ring is 1. The number of hydrogen-bond acceptors (Lipinski definition) is 4. The summed E-state index contributed by atoms with van der Waals surface area (Å²) in [6.45, 7) is -0.874. The number of anilines is 1. The van der Waals surface area contributed by atoms with E-state index in [9.17, 15) is 13.6 Å². The van der Waals surface area contributed by atoms with Gasteiger partial charge in [-0.2, -0.15) is 0 Å². The van der Waals surface area contributed by atoms with Crippen LogP contribution in [-0.2, 0) is 0 Å². The Bertz CT molecular complexity index is 435. The molecule has 1 aromatic rings. The predicted molar refractivity (Wildman–Crippen MR) is 60.8 cm³/mol. The number of amides is 1. The molecule has 0 bridgehead atoms. The summed E-state index contributed by atoms with van der Waals surface area (Å²) in [5.41, 5.74) is 4.24. The van der Waals surface area contributed by atoms with Crippen molar-refractivity contribution in [1.82, 2.24) is 4.90 Å². The van der Waals surface area contributed by atoms with Crippen molar-refractivity contribution in [3.63, 3.8) is 0 Å². The molecular formula is C11H14F2N2O3. The quantitative estimate of drug-likeness (QED) is 0.649. The third-order valence-electron chi connectivity index (χ3n) is 2.32. The first-order valence-corrected chi connectivity index (χ1v) is 5.26. The van der Waals surface area contributed by atoms with Crippen LogP contribution < -0.4 is 5.73 Å². The summed E-state index contributed by atoms with van der Waals surface area (Å²) in [6, 6.07) is 1.50. The molecule has 0 saturated carbocycles. The molecule has 0 saturated heterocycles. The summed E-state index contributed by atoms with van der Waals surface area (Å²) in [6.07, 6.45) is 0. The molecule has 0 aliphatic rings. The summed E-state index contributed by atoms with van der Waals surface area (Å²) in [7, 11) is 0. The van der Waals surface area contributed by atoms with Gasteiger partial charge < -0.3 is 20.8 Å². The van der Waals surface area contributed by atoms with Gasteiger partial charge in [-0.15, -0.1) is 0 Å². The Balaban J connectivity index is 3.07. The molecule has 1 rings (SSSR count). The Hall–Kier alpha value is -1.73. The van der Waals surface area contributed by atoms with Crippen molar-refractivity contribution in [2.24, 2.45) is 0 Å². The van der Waals surface area contributed by atoms with Gasteiger partial charge in [0.05, 0.1) is 24.5 Å². The maximum Gasteiger partial charge on any atom is 0.257 e. The fourth-order valence-electron chi connectivity index (χ4n) is 1.49. The van der Waals surface area contributed by atoms with E-state index in [1.165, 1.54) is 0 Å². The first kappa shape index (κ1) is 14.3. The first-order chi connectivity index (χ1) is 8.51. The van der Waals surface area contributed by atoms with Crippen LogP contribution >= 0.6 is 0 Å². The normalized spacial score (nSPS) is 10.4. The van der Waals surface area contributed by atoms with E-state index >= 15 is 0 Å². The number of aliphatic hydroxyl groups is 2. The third kappa shape index (κ3) is 3.14. The molecular weight excluding hydrogens is 246 g/mol. The van der Waals surface area contributed by atoms with Crippen molar-refractivity contribution in [1.29, 1.82) is 0 Å². The lowest BCUT2D eigenvalue weighted by Gasteiger charge is -2.21. The topological polar surface area (TPSA) is 86.8 Å². The number of halogens is 2. The standard InChI is InChI=1S/C11H14F2N2O3/c12-7-5-8(10(13)9(14)6-7)11(18)15(1-3-16)2-4-17/h5-6,16-17H,1-4,14H2. The van der Waals surface area contributed by atoms with Gasteiger partial charge in [-0.1, -0.05) is 0 Å². The van der Waals surface area contributed by atoms with E-state index in [2.05, 4.69) is 0 Å². The van der Waals surface area contributed by atoms with Gasteiger partial charge in [0, 0.05) is 13.1 Å². The molecule has 0 fully saturated rings. The average Bonchev–Trinajstić information content (AvgIpc) is 2.32. The summed E-state index contributed by atoms with van der Waals surface area (Å²) in [5, 5.41) is 17.5. The Morgan fingerprint density at radius 1 is 1.22 bits per heavy atom. The van der Waals surface area contributed by atoms with E-state index in [1.807, 2.05) is 0 Å². The van der Waals surface area contributed by atoms with Crippen molar-refractivity contribution in [3.8, 4) is 0 Å². The number of nitrogens with zero attached hydrogens (tertiary/aromatic N) is 1. The highest BCUT2D eigenvalue weighted by molar-refractivity contribution is 5.95. The maximum absolute atomic E-state index is 13.6. The second-order valence-corrected chi connectivity index (χ2v) is 3.60. The first-order valence-electron chi connectivity index (χ1n) is 5.26. The summed E-state index contributed by atoms with van der Waals surface area (Å²) in [4.78, 5) is 12.9. The summed E-state index contributed by atoms with van der Waals surface area (Å²) in [5.74, 6) is -2.67. The van der Waals surface area contributed by atoms with Crippen LogP contribution in [0.5, 0.6) is 0 Å². The number of hydrogen-bond donors (Lipinski definition) is 3. The molecule has 0 radical (unpaired) electrons. The number of aliphatic hydroxyl groups excluding tert-OH is 2. The van der Waals surface area contributed by atoms with E-state index < -0.39 is 28.8 Å². The predicted octanol–water partition coefficient (Wildman–Crippen LogP) is -0.0262. The molecule has 0 heterocycles. The molecule has 5 nitrogen and oxygen atoms in total. The Morgan fingerprint density at radius 2 is 1.78 bits per heavy atom. The molecule has 0 unspecified atom stereocenters. The SMILES string of the molecule is Nc1cc(F)cc(C(=O)N(CCO)CCO)c1F. The summed E-state index contributed by atoms with van der Waals surface area (Å²) >= 11 is 0. The number of nitrogens with two attached hydrogens (primary N) is 1. The van der Waals surface area contributed by atoms with Crippen molar-refractivity contribution < 1.29 is 23.8 Å². The van der Waals surface area contributed by atoms with Gasteiger partial charge >= 0.3 is 0 Å². The minimum Gasteiger partial charge on any atom is -0.396 e. The highest BCUT2D eigenvalue weighted by Gasteiger charge is 2.21. The smallest absolute Gasteiger partial charge is 0.257 e. The van der Waals surface area contributed by atoms with Crippen LogP contribution in [0.2, 0.25) is 0 Å². The lowest BCUT2D eigenvalue weighted by molar-refractivity contribution is 0.0679. The van der Waals surface area contributed by atoms with Gasteiger partial charge in [-0.05, 0) is 12.1 Å². The third-order valence-corrected chi connectivity index (χ3v) is 2.32. The van der Waals surface area contributed by atoms with Crippen molar-refractivity contribution in [2.45, 2.75) is 0 Å². The van der Waals surface area contributed by atoms with Crippen LogP contribution in [0.3, 0.4) is 0 Å². The number of carbonyl (C=O) groups is 1. The summed E-state index contributed by atoms with van der Waals surface area (Å²) < 4.78 is 26.7. The second-order valence-electron chi connectivity index (χ2n) is 3.60. The van der Waals surface area contributed by atoms with Gasteiger partial charge in [0.15, 0.2) is 5.82 Å². The number of benzene rings is 1. The van der Waals surface area contributed by atoms with Gasteiger partial charge in [0.2, 0.25) is 0 Å². The lowest BCUT2D eigenvalue weighted by Crippen LogP contribution is -2.36. The lowest BCUT2D eigenvalue weighted by atomic mass is 10.1. The van der Waals surface area contributed by atoms with Crippen LogP contribution in [-0.4, -0.2) is 47.3 Å². The Labute approximate surface area is 102 Å². The highest BCUT2D eigenvalue weighted by Crippen LogP contribution is 2.19. The van der Waals surface area contributed by atoms with Gasteiger partial charge in [-0.25, -0.2) is 8.78 Å². The van der Waals surface area contributed by atoms with Crippen LogP contribution in [0, 0.1) is 11.6 Å². The maximum atomic E-state index is 13.6. The molecule has 1 amide bonds. The highest BCUT2D eigenvalue weighted by atomic mass is 19.1. The monoisotopic (exact) mass is 260 g/mol. The van der Waals surface area contributed by atoms with Crippen molar-refractivity contribution >= 4 is 11.6 Å². The van der Waals surface area contributed by atoms with Gasteiger partial charge in [0.1, 0.15) is 5.82 Å².